The van der Waals surface area contributed by atoms with Crippen molar-refractivity contribution in [2.45, 2.75) is 19.3 Å². The van der Waals surface area contributed by atoms with Gasteiger partial charge < -0.3 is 5.32 Å². The lowest BCUT2D eigenvalue weighted by atomic mass is 9.87. The Kier molecular flexibility index (Phi) is 3.50. The summed E-state index contributed by atoms with van der Waals surface area (Å²) in [7, 11) is 0. The van der Waals surface area contributed by atoms with Crippen LogP contribution < -0.4 is 5.32 Å². The van der Waals surface area contributed by atoms with Crippen molar-refractivity contribution in [3.05, 3.63) is 58.6 Å². The lowest BCUT2D eigenvalue weighted by molar-refractivity contribution is -0.116. The number of rotatable bonds is 2. The van der Waals surface area contributed by atoms with Crippen molar-refractivity contribution in [2.24, 2.45) is 0 Å². The first-order valence-corrected chi connectivity index (χ1v) is 7.80. The van der Waals surface area contributed by atoms with Gasteiger partial charge in [-0.2, -0.15) is 9.78 Å². The Hall–Kier alpha value is -2.80. The van der Waals surface area contributed by atoms with Crippen molar-refractivity contribution in [3.8, 4) is 5.82 Å². The molecule has 4 heterocycles. The molecular formula is C16H13ClN6O. The Morgan fingerprint density at radius 3 is 2.88 bits per heavy atom. The maximum absolute atomic E-state index is 12.2. The lowest BCUT2D eigenvalue weighted by Crippen LogP contribution is -2.25. The molecule has 0 aliphatic carbocycles. The molecule has 0 saturated carbocycles. The van der Waals surface area contributed by atoms with Gasteiger partial charge >= 0.3 is 0 Å². The van der Waals surface area contributed by atoms with Crippen LogP contribution >= 0.6 is 11.6 Å². The molecule has 4 rings (SSSR count). The van der Waals surface area contributed by atoms with E-state index in [4.69, 9.17) is 11.6 Å². The normalized spacial score (nSPS) is 16.6. The van der Waals surface area contributed by atoms with E-state index >= 15 is 0 Å². The van der Waals surface area contributed by atoms with Crippen LogP contribution in [0.4, 0.5) is 5.82 Å². The van der Waals surface area contributed by atoms with Crippen LogP contribution in [0.2, 0.25) is 5.15 Å². The highest BCUT2D eigenvalue weighted by molar-refractivity contribution is 6.29. The summed E-state index contributed by atoms with van der Waals surface area (Å²) in [6.45, 7) is 1.92. The monoisotopic (exact) mass is 340 g/mol. The van der Waals surface area contributed by atoms with Gasteiger partial charge in [0.1, 0.15) is 5.82 Å². The first-order valence-electron chi connectivity index (χ1n) is 7.42. The fraction of sp³-hybridized carbons (Fsp3) is 0.188. The molecule has 7 nitrogen and oxygen atoms in total. The van der Waals surface area contributed by atoms with Crippen LogP contribution in [0.5, 0.6) is 0 Å². The molecule has 1 aliphatic rings. The molecule has 8 heteroatoms. The summed E-state index contributed by atoms with van der Waals surface area (Å²) in [6.07, 6.45) is 3.86. The quantitative estimate of drug-likeness (QED) is 0.774. The average Bonchev–Trinajstić information content (AvgIpc) is 2.92. The lowest BCUT2D eigenvalue weighted by Gasteiger charge is -2.23. The van der Waals surface area contributed by atoms with E-state index in [-0.39, 0.29) is 11.8 Å². The summed E-state index contributed by atoms with van der Waals surface area (Å²) in [5.74, 6) is 0.959. The summed E-state index contributed by atoms with van der Waals surface area (Å²) < 4.78 is 1.59. The zero-order chi connectivity index (χ0) is 16.7. The van der Waals surface area contributed by atoms with E-state index < -0.39 is 0 Å². The Morgan fingerprint density at radius 2 is 2.17 bits per heavy atom. The molecule has 0 aromatic carbocycles. The van der Waals surface area contributed by atoms with Crippen molar-refractivity contribution in [1.29, 1.82) is 0 Å². The smallest absolute Gasteiger partial charge is 0.226 e. The molecule has 0 saturated heterocycles. The number of aromatic nitrogens is 5. The Labute approximate surface area is 142 Å². The largest absolute Gasteiger partial charge is 0.310 e. The molecule has 120 valence electrons. The van der Waals surface area contributed by atoms with Crippen LogP contribution in [0.1, 0.15) is 29.2 Å². The van der Waals surface area contributed by atoms with Gasteiger partial charge in [0, 0.05) is 30.3 Å². The Balaban J connectivity index is 1.87. The summed E-state index contributed by atoms with van der Waals surface area (Å²) in [6, 6.07) is 7.18. The first-order chi connectivity index (χ1) is 11.6. The predicted octanol–water partition coefficient (Wildman–Crippen LogP) is 2.49. The molecule has 1 amide bonds. The number of anilines is 1. The zero-order valence-electron chi connectivity index (χ0n) is 12.8. The van der Waals surface area contributed by atoms with Gasteiger partial charge in [0.2, 0.25) is 5.91 Å². The topological polar surface area (TPSA) is 85.6 Å². The van der Waals surface area contributed by atoms with E-state index in [0.717, 1.165) is 16.8 Å². The standard InChI is InChI=1S/C16H13ClN6O/c1-9-15-11(10-3-2-6-18-8-10)7-14(24)19-16(15)23(22-9)13-5-4-12(17)20-21-13/h2-6,8,11H,7H2,1H3,(H,19,24)/t11-/m0/s1. The number of halogens is 1. The highest BCUT2D eigenvalue weighted by Crippen LogP contribution is 2.39. The van der Waals surface area contributed by atoms with Gasteiger partial charge in [-0.15, -0.1) is 10.2 Å². The fourth-order valence-corrected chi connectivity index (χ4v) is 3.10. The van der Waals surface area contributed by atoms with Crippen LogP contribution in [0.15, 0.2) is 36.7 Å². The SMILES string of the molecule is Cc1nn(-c2ccc(Cl)nn2)c2c1[C@H](c1cccnc1)CC(=O)N2. The number of carbonyl (C=O) groups excluding carboxylic acids is 1. The number of nitrogens with one attached hydrogen (secondary N) is 1. The van der Waals surface area contributed by atoms with Crippen LogP contribution in [0, 0.1) is 6.92 Å². The van der Waals surface area contributed by atoms with Crippen LogP contribution in [-0.2, 0) is 4.79 Å². The molecule has 0 unspecified atom stereocenters. The number of pyridine rings is 1. The maximum Gasteiger partial charge on any atom is 0.226 e. The van der Waals surface area contributed by atoms with Gasteiger partial charge in [-0.05, 0) is 30.7 Å². The Bertz CT molecular complexity index is 906. The van der Waals surface area contributed by atoms with Gasteiger partial charge in [0.15, 0.2) is 11.0 Å². The van der Waals surface area contributed by atoms with Gasteiger partial charge in [0.05, 0.1) is 5.69 Å². The van der Waals surface area contributed by atoms with E-state index in [9.17, 15) is 4.79 Å². The third kappa shape index (κ3) is 2.43. The van der Waals surface area contributed by atoms with Crippen LogP contribution in [0.3, 0.4) is 0 Å². The second kappa shape index (κ2) is 5.68. The molecular weight excluding hydrogens is 328 g/mol. The minimum absolute atomic E-state index is 0.0700. The summed E-state index contributed by atoms with van der Waals surface area (Å²) in [5, 5.41) is 15.6. The number of aryl methyl sites for hydroxylation is 1. The molecule has 3 aromatic rings. The number of fused-ring (bicyclic) bond motifs is 1. The highest BCUT2D eigenvalue weighted by atomic mass is 35.5. The summed E-state index contributed by atoms with van der Waals surface area (Å²) >= 11 is 5.79. The van der Waals surface area contributed by atoms with Crippen LogP contribution in [0.25, 0.3) is 5.82 Å². The molecule has 1 N–H and O–H groups in total. The van der Waals surface area contributed by atoms with Crippen molar-refractivity contribution in [3.63, 3.8) is 0 Å². The second-order valence-electron chi connectivity index (χ2n) is 5.56. The van der Waals surface area contributed by atoms with Crippen molar-refractivity contribution in [2.75, 3.05) is 5.32 Å². The predicted molar refractivity (Wildman–Crippen MR) is 88.2 cm³/mol. The van der Waals surface area contributed by atoms with E-state index in [1.165, 1.54) is 0 Å². The van der Waals surface area contributed by atoms with Gasteiger partial charge in [0.25, 0.3) is 0 Å². The van der Waals surface area contributed by atoms with Crippen molar-refractivity contribution < 1.29 is 4.79 Å². The number of nitrogens with zero attached hydrogens (tertiary/aromatic N) is 5. The molecule has 1 atom stereocenters. The average molecular weight is 341 g/mol. The van der Waals surface area contributed by atoms with Gasteiger partial charge in [-0.1, -0.05) is 17.7 Å². The van der Waals surface area contributed by atoms with Gasteiger partial charge in [-0.25, -0.2) is 0 Å². The number of hydrogen-bond donors (Lipinski definition) is 1. The second-order valence-corrected chi connectivity index (χ2v) is 5.95. The summed E-state index contributed by atoms with van der Waals surface area (Å²) in [5.41, 5.74) is 2.79. The Morgan fingerprint density at radius 1 is 1.29 bits per heavy atom. The molecule has 1 aliphatic heterocycles. The molecule has 24 heavy (non-hydrogen) atoms. The minimum atomic E-state index is -0.0866. The van der Waals surface area contributed by atoms with E-state index in [2.05, 4.69) is 25.6 Å². The molecule has 0 spiro atoms. The van der Waals surface area contributed by atoms with E-state index in [1.807, 2.05) is 19.1 Å². The fourth-order valence-electron chi connectivity index (χ4n) is 3.00. The third-order valence-electron chi connectivity index (χ3n) is 4.02. The highest BCUT2D eigenvalue weighted by Gasteiger charge is 2.33. The number of hydrogen-bond acceptors (Lipinski definition) is 5. The van der Waals surface area contributed by atoms with Crippen molar-refractivity contribution >= 4 is 23.3 Å². The van der Waals surface area contributed by atoms with Crippen molar-refractivity contribution in [1.82, 2.24) is 25.0 Å². The first kappa shape index (κ1) is 14.8. The summed E-state index contributed by atoms with van der Waals surface area (Å²) in [4.78, 5) is 16.4. The minimum Gasteiger partial charge on any atom is -0.310 e. The van der Waals surface area contributed by atoms with Gasteiger partial charge in [-0.3, -0.25) is 9.78 Å². The third-order valence-corrected chi connectivity index (χ3v) is 4.23. The molecule has 0 fully saturated rings. The molecule has 3 aromatic heterocycles. The van der Waals surface area contributed by atoms with E-state index in [0.29, 0.717) is 23.2 Å². The number of amides is 1. The number of carbonyl (C=O) groups is 1. The van der Waals surface area contributed by atoms with E-state index in [1.54, 1.807) is 29.2 Å². The molecule has 0 radical (unpaired) electrons. The zero-order valence-corrected chi connectivity index (χ0v) is 13.5. The maximum atomic E-state index is 12.2. The molecule has 0 bridgehead atoms. The van der Waals surface area contributed by atoms with Crippen LogP contribution in [-0.4, -0.2) is 30.9 Å².